The molecular weight excluding hydrogens is 207 g/mol. The summed E-state index contributed by atoms with van der Waals surface area (Å²) in [5.41, 5.74) is 0. The van der Waals surface area contributed by atoms with Crippen molar-refractivity contribution in [2.45, 2.75) is 31.3 Å². The highest BCUT2D eigenvalue weighted by molar-refractivity contribution is 5.77. The minimum Gasteiger partial charge on any atom is -0.394 e. The van der Waals surface area contributed by atoms with Crippen molar-refractivity contribution in [1.29, 1.82) is 0 Å². The van der Waals surface area contributed by atoms with Crippen molar-refractivity contribution >= 4 is 12.2 Å². The Labute approximate surface area is 86.3 Å². The fourth-order valence-corrected chi connectivity index (χ4v) is 0.983. The predicted molar refractivity (Wildman–Crippen MR) is 48.8 cm³/mol. The van der Waals surface area contributed by atoms with E-state index in [0.29, 0.717) is 0 Å². The van der Waals surface area contributed by atoms with Gasteiger partial charge in [-0.3, -0.25) is 4.79 Å². The third kappa shape index (κ3) is 4.34. The Morgan fingerprint density at radius 3 is 2.20 bits per heavy atom. The molecule has 0 spiro atoms. The number of rotatable bonds is 6. The molecule has 0 radical (unpaired) electrons. The summed E-state index contributed by atoms with van der Waals surface area (Å²) >= 11 is 0. The highest BCUT2D eigenvalue weighted by Crippen LogP contribution is 2.03. The summed E-state index contributed by atoms with van der Waals surface area (Å²) in [6.45, 7) is 0.377. The average Bonchev–Trinajstić information content (AvgIpc) is 2.22. The van der Waals surface area contributed by atoms with E-state index in [1.807, 2.05) is 0 Å². The van der Waals surface area contributed by atoms with Gasteiger partial charge >= 0.3 is 0 Å². The van der Waals surface area contributed by atoms with Crippen molar-refractivity contribution in [3.05, 3.63) is 0 Å². The standard InChI is InChI=1S/C8H15NO6/c1-4(12)9-5(2-10)7(14)8(15)6(13)3-11/h2,5-8,11,13-15H,3H2,1H3,(H,9,12)/t5-,6-,7-,8-/m1/s1/i4+1. The van der Waals surface area contributed by atoms with E-state index in [9.17, 15) is 19.8 Å². The number of amides is 1. The van der Waals surface area contributed by atoms with Crippen LogP contribution in [0.1, 0.15) is 6.92 Å². The van der Waals surface area contributed by atoms with Gasteiger partial charge in [0.05, 0.1) is 6.61 Å². The average molecular weight is 222 g/mol. The van der Waals surface area contributed by atoms with Crippen molar-refractivity contribution < 1.29 is 30.0 Å². The van der Waals surface area contributed by atoms with Gasteiger partial charge < -0.3 is 30.5 Å². The molecule has 7 nitrogen and oxygen atoms in total. The van der Waals surface area contributed by atoms with Crippen molar-refractivity contribution in [3.63, 3.8) is 0 Å². The van der Waals surface area contributed by atoms with E-state index in [2.05, 4.69) is 5.32 Å². The molecule has 0 saturated heterocycles. The van der Waals surface area contributed by atoms with Gasteiger partial charge in [-0.05, 0) is 0 Å². The van der Waals surface area contributed by atoms with Crippen LogP contribution in [-0.4, -0.2) is 63.6 Å². The zero-order chi connectivity index (χ0) is 12.0. The van der Waals surface area contributed by atoms with Crippen LogP contribution in [0, 0.1) is 0 Å². The molecule has 0 aromatic carbocycles. The first-order valence-corrected chi connectivity index (χ1v) is 4.31. The number of aldehydes is 1. The van der Waals surface area contributed by atoms with E-state index in [1.54, 1.807) is 0 Å². The third-order valence-corrected chi connectivity index (χ3v) is 1.82. The SMILES string of the molecule is C[13C](=O)N[C@H](C=O)[C@@H](O)[C@H](O)[C@H](O)CO. The molecule has 0 unspecified atom stereocenters. The van der Waals surface area contributed by atoms with E-state index in [1.165, 1.54) is 0 Å². The molecule has 0 aromatic rings. The smallest absolute Gasteiger partial charge is 0.217 e. The van der Waals surface area contributed by atoms with Crippen LogP contribution in [0.2, 0.25) is 0 Å². The van der Waals surface area contributed by atoms with Gasteiger partial charge in [0, 0.05) is 6.92 Å². The lowest BCUT2D eigenvalue weighted by Gasteiger charge is -2.25. The minimum atomic E-state index is -1.71. The number of carbonyl (C=O) groups excluding carboxylic acids is 2. The zero-order valence-corrected chi connectivity index (χ0v) is 8.20. The molecule has 0 fully saturated rings. The molecule has 0 saturated carbocycles. The maximum Gasteiger partial charge on any atom is 0.217 e. The normalized spacial score (nSPS) is 18.7. The maximum absolute atomic E-state index is 10.6. The second-order valence-corrected chi connectivity index (χ2v) is 3.09. The molecule has 7 heteroatoms. The summed E-state index contributed by atoms with van der Waals surface area (Å²) in [6, 6.07) is -1.32. The fraction of sp³-hybridized carbons (Fsp3) is 0.750. The third-order valence-electron chi connectivity index (χ3n) is 1.82. The predicted octanol–water partition coefficient (Wildman–Crippen LogP) is -3.23. The van der Waals surface area contributed by atoms with Crippen LogP contribution in [0.4, 0.5) is 0 Å². The van der Waals surface area contributed by atoms with Gasteiger partial charge in [0.2, 0.25) is 5.91 Å². The largest absolute Gasteiger partial charge is 0.394 e. The first kappa shape index (κ1) is 14.0. The number of aliphatic hydroxyl groups excluding tert-OH is 4. The number of carbonyl (C=O) groups is 2. The molecule has 0 bridgehead atoms. The first-order valence-electron chi connectivity index (χ1n) is 4.31. The van der Waals surface area contributed by atoms with E-state index >= 15 is 0 Å². The Morgan fingerprint density at radius 1 is 1.33 bits per heavy atom. The molecule has 0 heterocycles. The van der Waals surface area contributed by atoms with Gasteiger partial charge in [0.15, 0.2) is 0 Å². The fourth-order valence-electron chi connectivity index (χ4n) is 0.983. The van der Waals surface area contributed by atoms with Crippen molar-refractivity contribution in [2.75, 3.05) is 6.61 Å². The summed E-state index contributed by atoms with van der Waals surface area (Å²) in [5.74, 6) is -0.558. The van der Waals surface area contributed by atoms with Crippen LogP contribution in [0.5, 0.6) is 0 Å². The van der Waals surface area contributed by atoms with E-state index in [0.717, 1.165) is 6.92 Å². The molecule has 0 rings (SSSR count). The van der Waals surface area contributed by atoms with E-state index < -0.39 is 36.9 Å². The summed E-state index contributed by atoms with van der Waals surface area (Å²) in [4.78, 5) is 21.1. The maximum atomic E-state index is 10.6. The van der Waals surface area contributed by atoms with Crippen molar-refractivity contribution in [2.24, 2.45) is 0 Å². The molecule has 15 heavy (non-hydrogen) atoms. The van der Waals surface area contributed by atoms with Crippen LogP contribution >= 0.6 is 0 Å². The minimum absolute atomic E-state index is 0.235. The quantitative estimate of drug-likeness (QED) is 0.237. The molecule has 88 valence electrons. The Morgan fingerprint density at radius 2 is 1.87 bits per heavy atom. The Hall–Kier alpha value is -1.02. The lowest BCUT2D eigenvalue weighted by Crippen LogP contribution is -2.53. The number of hydrogen-bond donors (Lipinski definition) is 5. The Balaban J connectivity index is 4.42. The summed E-state index contributed by atoms with van der Waals surface area (Å²) < 4.78 is 0. The molecular formula is C8H15NO6. The number of aliphatic hydroxyl groups is 4. The van der Waals surface area contributed by atoms with Gasteiger partial charge in [-0.25, -0.2) is 0 Å². The van der Waals surface area contributed by atoms with Gasteiger partial charge in [0.1, 0.15) is 30.6 Å². The second-order valence-electron chi connectivity index (χ2n) is 3.09. The van der Waals surface area contributed by atoms with Crippen LogP contribution < -0.4 is 5.32 Å². The Kier molecular flexibility index (Phi) is 6.02. The van der Waals surface area contributed by atoms with Gasteiger partial charge in [0.25, 0.3) is 0 Å². The number of hydrogen-bond acceptors (Lipinski definition) is 6. The van der Waals surface area contributed by atoms with Crippen LogP contribution in [0.15, 0.2) is 0 Å². The summed E-state index contributed by atoms with van der Waals surface area (Å²) in [6.07, 6.45) is -4.72. The number of nitrogens with one attached hydrogen (secondary N) is 1. The molecule has 0 aliphatic heterocycles. The zero-order valence-electron chi connectivity index (χ0n) is 8.20. The molecule has 0 aliphatic carbocycles. The van der Waals surface area contributed by atoms with Gasteiger partial charge in [-0.2, -0.15) is 0 Å². The van der Waals surface area contributed by atoms with Crippen molar-refractivity contribution in [3.8, 4) is 0 Å². The summed E-state index contributed by atoms with van der Waals surface area (Å²) in [5, 5.41) is 38.2. The Bertz CT molecular complexity index is 221. The monoisotopic (exact) mass is 222 g/mol. The van der Waals surface area contributed by atoms with Crippen molar-refractivity contribution in [1.82, 2.24) is 5.32 Å². The van der Waals surface area contributed by atoms with Gasteiger partial charge in [-0.15, -0.1) is 0 Å². The second kappa shape index (κ2) is 6.46. The first-order chi connectivity index (χ1) is 6.93. The van der Waals surface area contributed by atoms with Crippen LogP contribution in [-0.2, 0) is 9.59 Å². The molecule has 0 aliphatic rings. The molecule has 0 aromatic heterocycles. The summed E-state index contributed by atoms with van der Waals surface area (Å²) in [7, 11) is 0. The topological polar surface area (TPSA) is 127 Å². The molecule has 1 amide bonds. The molecule has 5 N–H and O–H groups in total. The molecule has 4 atom stereocenters. The highest BCUT2D eigenvalue weighted by atomic mass is 16.4. The van der Waals surface area contributed by atoms with Crippen LogP contribution in [0.3, 0.4) is 0 Å². The lowest BCUT2D eigenvalue weighted by molar-refractivity contribution is -0.129. The van der Waals surface area contributed by atoms with E-state index in [4.69, 9.17) is 10.2 Å². The van der Waals surface area contributed by atoms with Crippen LogP contribution in [0.25, 0.3) is 0 Å². The lowest BCUT2D eigenvalue weighted by atomic mass is 10.0. The van der Waals surface area contributed by atoms with E-state index in [-0.39, 0.29) is 6.29 Å². The highest BCUT2D eigenvalue weighted by Gasteiger charge is 2.31. The van der Waals surface area contributed by atoms with Gasteiger partial charge in [-0.1, -0.05) is 0 Å².